The van der Waals surface area contributed by atoms with Crippen molar-refractivity contribution in [2.45, 2.75) is 45.3 Å². The van der Waals surface area contributed by atoms with Crippen LogP contribution in [-0.4, -0.2) is 24.0 Å². The van der Waals surface area contributed by atoms with E-state index in [-0.39, 0.29) is 29.2 Å². The van der Waals surface area contributed by atoms with Gasteiger partial charge in [-0.15, -0.1) is 0 Å². The molecule has 1 atom stereocenters. The molecule has 1 aromatic heterocycles. The first-order valence-electron chi connectivity index (χ1n) is 10.5. The van der Waals surface area contributed by atoms with Gasteiger partial charge in [0.2, 0.25) is 5.76 Å². The number of aromatic nitrogens is 1. The highest BCUT2D eigenvalue weighted by molar-refractivity contribution is 5.96. The average molecular weight is 454 g/mol. The van der Waals surface area contributed by atoms with E-state index in [4.69, 9.17) is 9.26 Å². The molecule has 3 aromatic rings. The highest BCUT2D eigenvalue weighted by Gasteiger charge is 2.26. The fraction of sp³-hybridized carbons (Fsp3) is 0.320. The standard InChI is InChI=1S/C25H27FN2O5/c1-25(2,3)18-10-7-16(11-19(18)26)12-20(29)23(17-8-5-15(6-9-17)14-32-4)27-24(31)21-13-22(30)28-33-21/h5-11,13,23H,12,14H2,1-4H3,(H,27,31)(H,28,30)/t23-/m1/s1. The summed E-state index contributed by atoms with van der Waals surface area (Å²) in [6.07, 6.45) is -0.0941. The van der Waals surface area contributed by atoms with Crippen molar-refractivity contribution in [2.24, 2.45) is 0 Å². The maximum Gasteiger partial charge on any atom is 0.290 e. The average Bonchev–Trinajstić information content (AvgIpc) is 3.18. The molecule has 8 heteroatoms. The number of amides is 1. The third kappa shape index (κ3) is 6.04. The molecule has 0 aliphatic carbocycles. The first-order valence-corrected chi connectivity index (χ1v) is 10.5. The molecule has 0 saturated carbocycles. The van der Waals surface area contributed by atoms with E-state index in [1.807, 2.05) is 25.9 Å². The number of rotatable bonds is 8. The summed E-state index contributed by atoms with van der Waals surface area (Å²) < 4.78 is 24.6. The smallest absolute Gasteiger partial charge is 0.290 e. The maximum absolute atomic E-state index is 14.6. The molecule has 0 aliphatic heterocycles. The highest BCUT2D eigenvalue weighted by atomic mass is 19.1. The van der Waals surface area contributed by atoms with Gasteiger partial charge in [-0.2, -0.15) is 5.16 Å². The Morgan fingerprint density at radius 1 is 1.09 bits per heavy atom. The summed E-state index contributed by atoms with van der Waals surface area (Å²) in [7, 11) is 1.58. The predicted octanol–water partition coefficient (Wildman–Crippen LogP) is 3.83. The van der Waals surface area contributed by atoms with Crippen molar-refractivity contribution in [1.82, 2.24) is 10.5 Å². The Labute approximate surface area is 190 Å². The second-order valence-corrected chi connectivity index (χ2v) is 8.87. The normalized spacial score (nSPS) is 12.4. The van der Waals surface area contributed by atoms with E-state index < -0.39 is 17.5 Å². The summed E-state index contributed by atoms with van der Waals surface area (Å²) in [4.78, 5) is 37.1. The van der Waals surface area contributed by atoms with E-state index in [1.54, 1.807) is 43.5 Å². The molecule has 0 saturated heterocycles. The SMILES string of the molecule is COCc1ccc([C@@H](NC(=O)c2cc(=O)[nH]o2)C(=O)Cc2ccc(C(C)(C)C)c(F)c2)cc1. The van der Waals surface area contributed by atoms with E-state index >= 15 is 0 Å². The molecule has 2 N–H and O–H groups in total. The minimum absolute atomic E-state index is 0.0941. The summed E-state index contributed by atoms with van der Waals surface area (Å²) in [5.41, 5.74) is 1.55. The molecule has 0 aliphatic rings. The number of carbonyl (C=O) groups is 2. The number of halogens is 1. The van der Waals surface area contributed by atoms with Gasteiger partial charge in [0, 0.05) is 13.5 Å². The summed E-state index contributed by atoms with van der Waals surface area (Å²) >= 11 is 0. The molecule has 0 spiro atoms. The lowest BCUT2D eigenvalue weighted by Gasteiger charge is -2.21. The number of hydrogen-bond donors (Lipinski definition) is 2. The van der Waals surface area contributed by atoms with Crippen molar-refractivity contribution in [3.05, 3.63) is 92.7 Å². The Morgan fingerprint density at radius 3 is 2.30 bits per heavy atom. The molecule has 1 amide bonds. The van der Waals surface area contributed by atoms with Crippen LogP contribution in [0.5, 0.6) is 0 Å². The third-order valence-electron chi connectivity index (χ3n) is 5.19. The minimum Gasteiger partial charge on any atom is -0.380 e. The van der Waals surface area contributed by atoms with Crippen molar-refractivity contribution in [3.8, 4) is 0 Å². The predicted molar refractivity (Wildman–Crippen MR) is 121 cm³/mol. The molecule has 2 aromatic carbocycles. The van der Waals surface area contributed by atoms with Crippen molar-refractivity contribution in [2.75, 3.05) is 7.11 Å². The zero-order valence-electron chi connectivity index (χ0n) is 19.0. The molecule has 0 bridgehead atoms. The van der Waals surface area contributed by atoms with Gasteiger partial charge in [0.15, 0.2) is 5.78 Å². The van der Waals surface area contributed by atoms with Crippen molar-refractivity contribution >= 4 is 11.7 Å². The third-order valence-corrected chi connectivity index (χ3v) is 5.19. The number of aromatic amines is 1. The second-order valence-electron chi connectivity index (χ2n) is 8.87. The van der Waals surface area contributed by atoms with Crippen molar-refractivity contribution < 1.29 is 23.2 Å². The van der Waals surface area contributed by atoms with Crippen LogP contribution in [0.1, 0.15) is 59.6 Å². The van der Waals surface area contributed by atoms with Gasteiger partial charge in [-0.25, -0.2) is 4.39 Å². The summed E-state index contributed by atoms with van der Waals surface area (Å²) in [5, 5.41) is 4.66. The van der Waals surface area contributed by atoms with Gasteiger partial charge in [0.05, 0.1) is 12.7 Å². The van der Waals surface area contributed by atoms with Crippen LogP contribution in [0.3, 0.4) is 0 Å². The number of Topliss-reactive ketones (excluding diaryl/α,β-unsaturated/α-hetero) is 1. The van der Waals surface area contributed by atoms with E-state index in [2.05, 4.69) is 5.32 Å². The molecule has 33 heavy (non-hydrogen) atoms. The lowest BCUT2D eigenvalue weighted by Crippen LogP contribution is -2.34. The van der Waals surface area contributed by atoms with Gasteiger partial charge in [0.25, 0.3) is 11.5 Å². The fourth-order valence-corrected chi connectivity index (χ4v) is 3.50. The molecule has 3 rings (SSSR count). The minimum atomic E-state index is -1.03. The van der Waals surface area contributed by atoms with Gasteiger partial charge in [-0.1, -0.05) is 57.2 Å². The van der Waals surface area contributed by atoms with Crippen LogP contribution in [0.2, 0.25) is 0 Å². The molecular weight excluding hydrogens is 427 g/mol. The van der Waals surface area contributed by atoms with E-state index in [1.165, 1.54) is 6.07 Å². The molecule has 0 fully saturated rings. The second kappa shape index (κ2) is 9.95. The van der Waals surface area contributed by atoms with Gasteiger partial charge in [-0.05, 0) is 33.7 Å². The van der Waals surface area contributed by atoms with Crippen LogP contribution in [0.4, 0.5) is 4.39 Å². The molecule has 174 valence electrons. The van der Waals surface area contributed by atoms with Crippen LogP contribution >= 0.6 is 0 Å². The van der Waals surface area contributed by atoms with Crippen LogP contribution < -0.4 is 10.9 Å². The maximum atomic E-state index is 14.6. The van der Waals surface area contributed by atoms with Crippen LogP contribution in [-0.2, 0) is 28.0 Å². The number of benzene rings is 2. The Hall–Kier alpha value is -3.52. The monoisotopic (exact) mass is 454 g/mol. The van der Waals surface area contributed by atoms with Crippen molar-refractivity contribution in [1.29, 1.82) is 0 Å². The lowest BCUT2D eigenvalue weighted by molar-refractivity contribution is -0.120. The van der Waals surface area contributed by atoms with E-state index in [0.717, 1.165) is 11.6 Å². The largest absolute Gasteiger partial charge is 0.380 e. The molecule has 7 nitrogen and oxygen atoms in total. The Kier molecular flexibility index (Phi) is 7.28. The highest BCUT2D eigenvalue weighted by Crippen LogP contribution is 2.26. The van der Waals surface area contributed by atoms with Gasteiger partial charge in [0.1, 0.15) is 11.9 Å². The van der Waals surface area contributed by atoms with Crippen molar-refractivity contribution in [3.63, 3.8) is 0 Å². The molecular formula is C25H27FN2O5. The molecule has 1 heterocycles. The quantitative estimate of drug-likeness (QED) is 0.539. The Bertz CT molecular complexity index is 1190. The first-order chi connectivity index (χ1) is 15.6. The number of methoxy groups -OCH3 is 1. The van der Waals surface area contributed by atoms with Gasteiger partial charge >= 0.3 is 0 Å². The number of ketones is 1. The van der Waals surface area contributed by atoms with Crippen LogP contribution in [0.25, 0.3) is 0 Å². The number of carbonyl (C=O) groups excluding carboxylic acids is 2. The summed E-state index contributed by atoms with van der Waals surface area (Å²) in [5.74, 6) is -1.69. The van der Waals surface area contributed by atoms with Crippen LogP contribution in [0, 0.1) is 5.82 Å². The van der Waals surface area contributed by atoms with E-state index in [9.17, 15) is 18.8 Å². The summed E-state index contributed by atoms with van der Waals surface area (Å²) in [6.45, 7) is 6.14. The zero-order valence-corrected chi connectivity index (χ0v) is 19.0. The molecule has 0 radical (unpaired) electrons. The number of hydrogen-bond acceptors (Lipinski definition) is 5. The Balaban J connectivity index is 1.87. The lowest BCUT2D eigenvalue weighted by atomic mass is 9.85. The van der Waals surface area contributed by atoms with Gasteiger partial charge < -0.3 is 14.6 Å². The zero-order chi connectivity index (χ0) is 24.2. The molecule has 0 unspecified atom stereocenters. The topological polar surface area (TPSA) is 101 Å². The number of H-pyrrole nitrogens is 1. The first kappa shape index (κ1) is 24.1. The van der Waals surface area contributed by atoms with E-state index in [0.29, 0.717) is 23.3 Å². The van der Waals surface area contributed by atoms with Gasteiger partial charge in [-0.3, -0.25) is 14.4 Å². The number of nitrogens with one attached hydrogen (secondary N) is 2. The summed E-state index contributed by atoms with van der Waals surface area (Å²) in [6, 6.07) is 11.7. The number of ether oxygens (including phenoxy) is 1. The van der Waals surface area contributed by atoms with Crippen LogP contribution in [0.15, 0.2) is 57.8 Å². The Morgan fingerprint density at radius 2 is 1.76 bits per heavy atom. The fourth-order valence-electron chi connectivity index (χ4n) is 3.50.